The third-order valence-corrected chi connectivity index (χ3v) is 5.56. The third-order valence-electron chi connectivity index (χ3n) is 5.56. The number of piperidine rings is 1. The summed E-state index contributed by atoms with van der Waals surface area (Å²) < 4.78 is 44.9. The largest absolute Gasteiger partial charge is 0.490 e. The van der Waals surface area contributed by atoms with Crippen molar-refractivity contribution < 1.29 is 37.3 Å². The Bertz CT molecular complexity index is 1260. The predicted octanol–water partition coefficient (Wildman–Crippen LogP) is 2.02. The smallest absolute Gasteiger partial charge is 0.475 e. The normalized spacial score (nSPS) is 21.6. The molecule has 4 heterocycles. The van der Waals surface area contributed by atoms with Crippen LogP contribution in [0.3, 0.4) is 0 Å². The monoisotopic (exact) mass is 494 g/mol. The number of esters is 1. The summed E-state index contributed by atoms with van der Waals surface area (Å²) >= 11 is 0. The highest BCUT2D eigenvalue weighted by Gasteiger charge is 2.38. The molecular weight excluding hydrogens is 473 g/mol. The Kier molecular flexibility index (Phi) is 6.89. The second-order valence-electron chi connectivity index (χ2n) is 8.11. The molecule has 13 heteroatoms. The van der Waals surface area contributed by atoms with Gasteiger partial charge in [0.2, 0.25) is 0 Å². The lowest BCUT2D eigenvalue weighted by Crippen LogP contribution is -2.56. The van der Waals surface area contributed by atoms with Crippen molar-refractivity contribution in [2.24, 2.45) is 0 Å². The van der Waals surface area contributed by atoms with Crippen LogP contribution in [0, 0.1) is 0 Å². The van der Waals surface area contributed by atoms with Gasteiger partial charge in [0.25, 0.3) is 5.56 Å². The minimum atomic E-state index is -5.08. The molecule has 2 unspecified atom stereocenters. The number of benzene rings is 1. The zero-order valence-electron chi connectivity index (χ0n) is 18.1. The molecule has 2 aromatic heterocycles. The Morgan fingerprint density at radius 2 is 1.77 bits per heavy atom. The van der Waals surface area contributed by atoms with Crippen molar-refractivity contribution in [3.8, 4) is 5.82 Å². The topological polar surface area (TPSA) is 136 Å². The molecule has 0 amide bonds. The number of aromatic nitrogens is 3. The molecule has 3 aromatic rings. The van der Waals surface area contributed by atoms with Crippen LogP contribution < -0.4 is 10.9 Å². The molecule has 3 N–H and O–H groups in total. The first-order chi connectivity index (χ1) is 16.6. The van der Waals surface area contributed by atoms with E-state index in [-0.39, 0.29) is 29.7 Å². The molecule has 1 aromatic carbocycles. The zero-order chi connectivity index (χ0) is 25.2. The van der Waals surface area contributed by atoms with Gasteiger partial charge in [0.15, 0.2) is 5.82 Å². The fraction of sp³-hybridized carbons (Fsp3) is 0.364. The van der Waals surface area contributed by atoms with E-state index in [0.29, 0.717) is 24.6 Å². The summed E-state index contributed by atoms with van der Waals surface area (Å²) in [7, 11) is 0. The minimum absolute atomic E-state index is 0.124. The summed E-state index contributed by atoms with van der Waals surface area (Å²) in [5.74, 6) is -2.57. The number of alkyl halides is 3. The van der Waals surface area contributed by atoms with Crippen molar-refractivity contribution in [2.75, 3.05) is 13.2 Å². The summed E-state index contributed by atoms with van der Waals surface area (Å²) in [6.07, 6.45) is -1.98. The predicted molar refractivity (Wildman–Crippen MR) is 115 cm³/mol. The highest BCUT2D eigenvalue weighted by molar-refractivity contribution is 6.04. The molecule has 35 heavy (non-hydrogen) atoms. The highest BCUT2D eigenvalue weighted by atomic mass is 19.4. The molecule has 2 aliphatic heterocycles. The Morgan fingerprint density at radius 1 is 1.11 bits per heavy atom. The number of ether oxygens (including phenoxy) is 2. The molecule has 0 radical (unpaired) electrons. The molecule has 2 aliphatic rings. The summed E-state index contributed by atoms with van der Waals surface area (Å²) in [6.45, 7) is 1.31. The van der Waals surface area contributed by atoms with Crippen LogP contribution >= 0.6 is 0 Å². The van der Waals surface area contributed by atoms with E-state index in [1.807, 2.05) is 24.3 Å². The van der Waals surface area contributed by atoms with Crippen molar-refractivity contribution in [1.29, 1.82) is 0 Å². The van der Waals surface area contributed by atoms with Gasteiger partial charge in [0.05, 0.1) is 24.3 Å². The van der Waals surface area contributed by atoms with Crippen LogP contribution in [0.5, 0.6) is 0 Å². The fourth-order valence-corrected chi connectivity index (χ4v) is 4.10. The van der Waals surface area contributed by atoms with Gasteiger partial charge in [-0.25, -0.2) is 14.7 Å². The van der Waals surface area contributed by atoms with E-state index in [4.69, 9.17) is 19.4 Å². The molecule has 0 aliphatic carbocycles. The molecule has 0 saturated carbocycles. The lowest BCUT2D eigenvalue weighted by Gasteiger charge is -2.39. The number of carboxylic acids is 1. The van der Waals surface area contributed by atoms with Gasteiger partial charge in [0.1, 0.15) is 6.10 Å². The molecule has 10 nitrogen and oxygen atoms in total. The van der Waals surface area contributed by atoms with Gasteiger partial charge in [-0.05, 0) is 12.1 Å². The molecule has 2 fully saturated rings. The van der Waals surface area contributed by atoms with Crippen molar-refractivity contribution >= 4 is 22.8 Å². The average Bonchev–Trinajstić information content (AvgIpc) is 3.19. The summed E-state index contributed by atoms with van der Waals surface area (Å²) in [4.78, 5) is 33.2. The molecule has 0 spiro atoms. The number of carbonyl (C=O) groups excluding carboxylic acids is 1. The second kappa shape index (κ2) is 9.88. The van der Waals surface area contributed by atoms with Crippen LogP contribution in [0.25, 0.3) is 16.7 Å². The van der Waals surface area contributed by atoms with Crippen molar-refractivity contribution in [1.82, 2.24) is 20.1 Å². The van der Waals surface area contributed by atoms with Crippen molar-refractivity contribution in [3.05, 3.63) is 58.5 Å². The number of halogens is 3. The first-order valence-electron chi connectivity index (χ1n) is 10.6. The van der Waals surface area contributed by atoms with E-state index in [0.717, 1.165) is 23.7 Å². The number of H-pyrrole nitrogens is 1. The first kappa shape index (κ1) is 24.4. The van der Waals surface area contributed by atoms with E-state index in [1.54, 1.807) is 16.8 Å². The van der Waals surface area contributed by atoms with E-state index < -0.39 is 12.1 Å². The first-order valence-corrected chi connectivity index (χ1v) is 10.6. The van der Waals surface area contributed by atoms with Crippen LogP contribution in [0.15, 0.2) is 47.4 Å². The Labute approximate surface area is 195 Å². The van der Waals surface area contributed by atoms with Gasteiger partial charge < -0.3 is 19.9 Å². The quantitative estimate of drug-likeness (QED) is 0.471. The number of aromatic amines is 1. The van der Waals surface area contributed by atoms with Gasteiger partial charge in [-0.15, -0.1) is 0 Å². The van der Waals surface area contributed by atoms with Gasteiger partial charge in [0, 0.05) is 42.6 Å². The molecule has 5 rings (SSSR count). The standard InChI is InChI=1S/C20H20N4O4.C2HF3O2/c25-19-6-5-18(22-23-19)24-9-16(15-3-1-2-4-17(15)24)20(26)28-14-7-12-10-27-11-13(8-14)21-12;3-2(4,5)1(6)7/h1-6,9,12-14,21H,7-8,10-11H2,(H,23,25);(H,6,7). The molecule has 2 atom stereocenters. The number of carboxylic acid groups (broad SMARTS) is 1. The SMILES string of the molecule is O=C(O)C(F)(F)F.O=C(OC1CC2COCC(C1)N2)c1cn(-c2ccc(=O)[nH]n2)c2ccccc12. The number of nitrogens with zero attached hydrogens (tertiary/aromatic N) is 2. The minimum Gasteiger partial charge on any atom is -0.475 e. The number of nitrogens with one attached hydrogen (secondary N) is 2. The van der Waals surface area contributed by atoms with Crippen LogP contribution in [0.1, 0.15) is 23.2 Å². The number of hydrogen-bond acceptors (Lipinski definition) is 7. The maximum absolute atomic E-state index is 13.0. The Hall–Kier alpha value is -3.71. The van der Waals surface area contributed by atoms with Crippen LogP contribution in [-0.4, -0.2) is 69.4 Å². The van der Waals surface area contributed by atoms with Crippen LogP contribution in [-0.2, 0) is 14.3 Å². The molecule has 186 valence electrons. The number of para-hydroxylation sites is 1. The average molecular weight is 494 g/mol. The number of hydrogen-bond donors (Lipinski definition) is 3. The van der Waals surface area contributed by atoms with Gasteiger partial charge in [-0.3, -0.25) is 9.36 Å². The van der Waals surface area contributed by atoms with Crippen LogP contribution in [0.4, 0.5) is 13.2 Å². The highest BCUT2D eigenvalue weighted by Crippen LogP contribution is 2.27. The van der Waals surface area contributed by atoms with Crippen LogP contribution in [0.2, 0.25) is 0 Å². The second-order valence-corrected chi connectivity index (χ2v) is 8.11. The lowest BCUT2D eigenvalue weighted by atomic mass is 9.94. The zero-order valence-corrected chi connectivity index (χ0v) is 18.1. The van der Waals surface area contributed by atoms with E-state index in [9.17, 15) is 22.8 Å². The number of fused-ring (bicyclic) bond motifs is 3. The maximum Gasteiger partial charge on any atom is 0.490 e. The van der Waals surface area contributed by atoms with E-state index in [1.165, 1.54) is 6.07 Å². The van der Waals surface area contributed by atoms with Crippen molar-refractivity contribution in [2.45, 2.75) is 37.2 Å². The third kappa shape index (κ3) is 5.69. The van der Waals surface area contributed by atoms with Crippen molar-refractivity contribution in [3.63, 3.8) is 0 Å². The number of aliphatic carboxylic acids is 1. The number of morpholine rings is 1. The molecule has 2 saturated heterocycles. The van der Waals surface area contributed by atoms with Gasteiger partial charge in [-0.2, -0.15) is 18.3 Å². The molecular formula is C22H21F3N4O6. The number of carbonyl (C=O) groups is 2. The summed E-state index contributed by atoms with van der Waals surface area (Å²) in [5, 5.41) is 17.9. The fourth-order valence-electron chi connectivity index (χ4n) is 4.10. The lowest BCUT2D eigenvalue weighted by molar-refractivity contribution is -0.192. The molecule has 2 bridgehead atoms. The van der Waals surface area contributed by atoms with E-state index in [2.05, 4.69) is 15.5 Å². The maximum atomic E-state index is 13.0. The van der Waals surface area contributed by atoms with Gasteiger partial charge in [-0.1, -0.05) is 18.2 Å². The summed E-state index contributed by atoms with van der Waals surface area (Å²) in [5.41, 5.74) is 1.04. The Morgan fingerprint density at radius 3 is 2.37 bits per heavy atom. The van der Waals surface area contributed by atoms with Gasteiger partial charge >= 0.3 is 18.1 Å². The number of rotatable bonds is 3. The Balaban J connectivity index is 0.000000364. The summed E-state index contributed by atoms with van der Waals surface area (Å²) in [6, 6.07) is 11.1. The van der Waals surface area contributed by atoms with E-state index >= 15 is 0 Å².